The van der Waals surface area contributed by atoms with E-state index in [1.54, 1.807) is 12.2 Å². The van der Waals surface area contributed by atoms with Gasteiger partial charge in [-0.3, -0.25) is 4.79 Å². The quantitative estimate of drug-likeness (QED) is 0.464. The first-order chi connectivity index (χ1) is 5.81. The standard InChI is InChI=1S/C9H12O3/c1-3-7-6-11-9(5-10)12-8(7)4-2/h3-5,7-9H,1-2,6H2. The van der Waals surface area contributed by atoms with E-state index in [1.807, 2.05) is 0 Å². The molecule has 1 saturated heterocycles. The van der Waals surface area contributed by atoms with Gasteiger partial charge in [0, 0.05) is 5.92 Å². The van der Waals surface area contributed by atoms with Crippen LogP contribution in [0.4, 0.5) is 0 Å². The van der Waals surface area contributed by atoms with Crippen LogP contribution in [0.25, 0.3) is 0 Å². The Balaban J connectivity index is 2.58. The molecule has 0 radical (unpaired) electrons. The maximum atomic E-state index is 10.3. The number of hydrogen-bond donors (Lipinski definition) is 0. The van der Waals surface area contributed by atoms with Crippen molar-refractivity contribution in [2.24, 2.45) is 5.92 Å². The molecule has 1 fully saturated rings. The number of ether oxygens (including phenoxy) is 2. The van der Waals surface area contributed by atoms with Gasteiger partial charge < -0.3 is 9.47 Å². The number of carbonyl (C=O) groups excluding carboxylic acids is 1. The second kappa shape index (κ2) is 4.18. The first-order valence-corrected chi connectivity index (χ1v) is 3.79. The molecule has 0 aromatic carbocycles. The predicted molar refractivity (Wildman–Crippen MR) is 44.6 cm³/mol. The van der Waals surface area contributed by atoms with E-state index >= 15 is 0 Å². The van der Waals surface area contributed by atoms with Crippen LogP contribution < -0.4 is 0 Å². The van der Waals surface area contributed by atoms with Crippen molar-refractivity contribution in [3.8, 4) is 0 Å². The highest BCUT2D eigenvalue weighted by Crippen LogP contribution is 2.19. The van der Waals surface area contributed by atoms with Crippen LogP contribution >= 0.6 is 0 Å². The summed E-state index contributed by atoms with van der Waals surface area (Å²) in [6, 6.07) is 0. The fraction of sp³-hybridized carbons (Fsp3) is 0.444. The minimum Gasteiger partial charge on any atom is -0.345 e. The average Bonchev–Trinajstić information content (AvgIpc) is 2.16. The summed E-state index contributed by atoms with van der Waals surface area (Å²) < 4.78 is 10.3. The third kappa shape index (κ3) is 1.81. The third-order valence-electron chi connectivity index (χ3n) is 1.81. The van der Waals surface area contributed by atoms with Crippen LogP contribution in [0.2, 0.25) is 0 Å². The molecule has 1 aliphatic heterocycles. The zero-order valence-electron chi connectivity index (χ0n) is 6.81. The second-order valence-corrected chi connectivity index (χ2v) is 2.57. The van der Waals surface area contributed by atoms with Gasteiger partial charge in [0.25, 0.3) is 0 Å². The molecule has 0 spiro atoms. The fourth-order valence-corrected chi connectivity index (χ4v) is 1.10. The highest BCUT2D eigenvalue weighted by Gasteiger charge is 2.27. The molecule has 0 aromatic rings. The van der Waals surface area contributed by atoms with Crippen molar-refractivity contribution in [1.29, 1.82) is 0 Å². The molecule has 3 heteroatoms. The van der Waals surface area contributed by atoms with E-state index in [2.05, 4.69) is 13.2 Å². The smallest absolute Gasteiger partial charge is 0.215 e. The normalized spacial score (nSPS) is 35.5. The van der Waals surface area contributed by atoms with Gasteiger partial charge in [0.1, 0.15) is 0 Å². The van der Waals surface area contributed by atoms with Gasteiger partial charge in [0.2, 0.25) is 6.29 Å². The summed E-state index contributed by atoms with van der Waals surface area (Å²) in [7, 11) is 0. The highest BCUT2D eigenvalue weighted by molar-refractivity contribution is 5.54. The van der Waals surface area contributed by atoms with Crippen molar-refractivity contribution in [3.05, 3.63) is 25.3 Å². The van der Waals surface area contributed by atoms with Crippen molar-refractivity contribution in [3.63, 3.8) is 0 Å². The SMILES string of the molecule is C=CC1COC(C=O)OC1C=C. The Morgan fingerprint density at radius 3 is 2.58 bits per heavy atom. The van der Waals surface area contributed by atoms with E-state index in [-0.39, 0.29) is 12.0 Å². The van der Waals surface area contributed by atoms with Gasteiger partial charge in [-0.05, 0) is 0 Å². The van der Waals surface area contributed by atoms with E-state index in [9.17, 15) is 4.79 Å². The molecule has 66 valence electrons. The molecule has 0 aromatic heterocycles. The fourth-order valence-electron chi connectivity index (χ4n) is 1.10. The van der Waals surface area contributed by atoms with Crippen LogP contribution in [0.1, 0.15) is 0 Å². The topological polar surface area (TPSA) is 35.5 Å². The molecular weight excluding hydrogens is 156 g/mol. The molecule has 0 saturated carbocycles. The molecule has 1 heterocycles. The molecule has 3 nitrogen and oxygen atoms in total. The molecule has 0 aliphatic carbocycles. The Bertz CT molecular complexity index is 188. The number of carbonyl (C=O) groups is 1. The zero-order valence-corrected chi connectivity index (χ0v) is 6.81. The molecule has 12 heavy (non-hydrogen) atoms. The van der Waals surface area contributed by atoms with Gasteiger partial charge in [0.15, 0.2) is 6.29 Å². The van der Waals surface area contributed by atoms with Gasteiger partial charge in [-0.1, -0.05) is 12.2 Å². The van der Waals surface area contributed by atoms with Crippen molar-refractivity contribution >= 4 is 6.29 Å². The summed E-state index contributed by atoms with van der Waals surface area (Å²) in [5.74, 6) is 0.0960. The number of hydrogen-bond acceptors (Lipinski definition) is 3. The largest absolute Gasteiger partial charge is 0.345 e. The first kappa shape index (κ1) is 9.16. The lowest BCUT2D eigenvalue weighted by atomic mass is 10.0. The molecular formula is C9H12O3. The van der Waals surface area contributed by atoms with Crippen LogP contribution in [0, 0.1) is 5.92 Å². The highest BCUT2D eigenvalue weighted by atomic mass is 16.7. The van der Waals surface area contributed by atoms with Crippen LogP contribution in [0.5, 0.6) is 0 Å². The van der Waals surface area contributed by atoms with Gasteiger partial charge in [-0.25, -0.2) is 0 Å². The van der Waals surface area contributed by atoms with E-state index < -0.39 is 6.29 Å². The van der Waals surface area contributed by atoms with Crippen LogP contribution in [-0.2, 0) is 14.3 Å². The van der Waals surface area contributed by atoms with Crippen molar-refractivity contribution in [2.75, 3.05) is 6.61 Å². The molecule has 3 atom stereocenters. The number of aldehydes is 1. The Kier molecular flexibility index (Phi) is 3.19. The summed E-state index contributed by atoms with van der Waals surface area (Å²) >= 11 is 0. The Hall–Kier alpha value is -0.930. The van der Waals surface area contributed by atoms with E-state index in [0.717, 1.165) is 0 Å². The molecule has 3 unspecified atom stereocenters. The Morgan fingerprint density at radius 1 is 1.33 bits per heavy atom. The van der Waals surface area contributed by atoms with Gasteiger partial charge >= 0.3 is 0 Å². The monoisotopic (exact) mass is 168 g/mol. The minimum absolute atomic E-state index is 0.0960. The summed E-state index contributed by atoms with van der Waals surface area (Å²) in [4.78, 5) is 10.3. The van der Waals surface area contributed by atoms with Crippen LogP contribution in [-0.4, -0.2) is 25.3 Å². The first-order valence-electron chi connectivity index (χ1n) is 3.79. The van der Waals surface area contributed by atoms with E-state index in [1.165, 1.54) is 0 Å². The van der Waals surface area contributed by atoms with Gasteiger partial charge in [0.05, 0.1) is 12.7 Å². The van der Waals surface area contributed by atoms with Gasteiger partial charge in [-0.15, -0.1) is 13.2 Å². The number of rotatable bonds is 3. The van der Waals surface area contributed by atoms with Gasteiger partial charge in [-0.2, -0.15) is 0 Å². The Labute approximate surface area is 71.7 Å². The second-order valence-electron chi connectivity index (χ2n) is 2.57. The van der Waals surface area contributed by atoms with Crippen molar-refractivity contribution < 1.29 is 14.3 Å². The maximum Gasteiger partial charge on any atom is 0.215 e. The third-order valence-corrected chi connectivity index (χ3v) is 1.81. The van der Waals surface area contributed by atoms with Crippen LogP contribution in [0.3, 0.4) is 0 Å². The lowest BCUT2D eigenvalue weighted by molar-refractivity contribution is -0.204. The lowest BCUT2D eigenvalue weighted by Crippen LogP contribution is -2.38. The summed E-state index contributed by atoms with van der Waals surface area (Å²) in [6.07, 6.45) is 3.13. The molecule has 0 N–H and O–H groups in total. The molecule has 1 rings (SSSR count). The average molecular weight is 168 g/mol. The summed E-state index contributed by atoms with van der Waals surface area (Å²) in [5.41, 5.74) is 0. The van der Waals surface area contributed by atoms with E-state index in [4.69, 9.17) is 9.47 Å². The molecule has 0 bridgehead atoms. The summed E-state index contributed by atoms with van der Waals surface area (Å²) in [5, 5.41) is 0. The molecule has 1 aliphatic rings. The van der Waals surface area contributed by atoms with Crippen molar-refractivity contribution in [2.45, 2.75) is 12.4 Å². The predicted octanol–water partition coefficient (Wildman–Crippen LogP) is 0.915. The molecule has 0 amide bonds. The lowest BCUT2D eigenvalue weighted by Gasteiger charge is -2.30. The Morgan fingerprint density at radius 2 is 2.08 bits per heavy atom. The van der Waals surface area contributed by atoms with Crippen LogP contribution in [0.15, 0.2) is 25.3 Å². The summed E-state index contributed by atoms with van der Waals surface area (Å²) in [6.45, 7) is 7.71. The minimum atomic E-state index is -0.746. The maximum absolute atomic E-state index is 10.3. The zero-order chi connectivity index (χ0) is 8.97. The van der Waals surface area contributed by atoms with Crippen molar-refractivity contribution in [1.82, 2.24) is 0 Å². The van der Waals surface area contributed by atoms with E-state index in [0.29, 0.717) is 12.9 Å².